The van der Waals surface area contributed by atoms with Crippen LogP contribution in [0.4, 0.5) is 0 Å². The highest BCUT2D eigenvalue weighted by molar-refractivity contribution is 5.95. The third-order valence-electron chi connectivity index (χ3n) is 5.33. The van der Waals surface area contributed by atoms with Gasteiger partial charge in [-0.3, -0.25) is 9.59 Å². The number of aryl methyl sites for hydroxylation is 1. The first-order valence-electron chi connectivity index (χ1n) is 9.73. The lowest BCUT2D eigenvalue weighted by atomic mass is 10.1. The molecule has 0 unspecified atom stereocenters. The Bertz CT molecular complexity index is 889. The number of rotatable bonds is 5. The fourth-order valence-electron chi connectivity index (χ4n) is 3.57. The summed E-state index contributed by atoms with van der Waals surface area (Å²) in [4.78, 5) is 28.9. The molecule has 2 heterocycles. The number of hydrogen-bond acceptors (Lipinski definition) is 5. The largest absolute Gasteiger partial charge is 0.497 e. The van der Waals surface area contributed by atoms with Crippen LogP contribution in [0.3, 0.4) is 0 Å². The second-order valence-corrected chi connectivity index (χ2v) is 7.09. The summed E-state index contributed by atoms with van der Waals surface area (Å²) in [5.41, 5.74) is 1.68. The van der Waals surface area contributed by atoms with Crippen molar-refractivity contribution in [2.45, 2.75) is 12.8 Å². The Morgan fingerprint density at radius 1 is 0.931 bits per heavy atom. The van der Waals surface area contributed by atoms with Gasteiger partial charge in [0.05, 0.1) is 7.11 Å². The van der Waals surface area contributed by atoms with Gasteiger partial charge >= 0.3 is 0 Å². The van der Waals surface area contributed by atoms with Crippen LogP contribution in [0.1, 0.15) is 22.3 Å². The molecular formula is C22H24N2O5. The van der Waals surface area contributed by atoms with Crippen LogP contribution in [0.15, 0.2) is 42.5 Å². The van der Waals surface area contributed by atoms with Crippen molar-refractivity contribution in [1.82, 2.24) is 9.80 Å². The molecule has 152 valence electrons. The van der Waals surface area contributed by atoms with E-state index in [1.807, 2.05) is 29.2 Å². The Kier molecular flexibility index (Phi) is 5.55. The molecule has 0 aliphatic carbocycles. The molecule has 0 radical (unpaired) electrons. The van der Waals surface area contributed by atoms with E-state index in [2.05, 4.69) is 0 Å². The lowest BCUT2D eigenvalue weighted by Gasteiger charge is -2.35. The molecule has 0 spiro atoms. The maximum atomic E-state index is 12.8. The van der Waals surface area contributed by atoms with Gasteiger partial charge in [0, 0.05) is 38.2 Å². The molecular weight excluding hydrogens is 372 g/mol. The second kappa shape index (κ2) is 8.43. The van der Waals surface area contributed by atoms with E-state index in [-0.39, 0.29) is 18.6 Å². The van der Waals surface area contributed by atoms with Gasteiger partial charge in [0.1, 0.15) is 5.75 Å². The van der Waals surface area contributed by atoms with Crippen LogP contribution in [-0.4, -0.2) is 61.7 Å². The first-order valence-corrected chi connectivity index (χ1v) is 9.73. The summed E-state index contributed by atoms with van der Waals surface area (Å²) in [7, 11) is 1.63. The number of fused-ring (bicyclic) bond motifs is 1. The van der Waals surface area contributed by atoms with E-state index in [9.17, 15) is 9.59 Å². The van der Waals surface area contributed by atoms with Crippen molar-refractivity contribution in [3.05, 3.63) is 53.6 Å². The molecule has 29 heavy (non-hydrogen) atoms. The molecule has 4 rings (SSSR count). The molecule has 2 aromatic carbocycles. The smallest absolute Gasteiger partial charge is 0.254 e. The zero-order chi connectivity index (χ0) is 20.2. The molecule has 2 aromatic rings. The lowest BCUT2D eigenvalue weighted by molar-refractivity contribution is -0.132. The average molecular weight is 396 g/mol. The SMILES string of the molecule is COc1ccc(CCC(=O)N2CCN(C(=O)c3ccc4c(c3)OCO4)CC2)cc1. The molecule has 2 amide bonds. The molecule has 2 aliphatic heterocycles. The normalized spacial score (nSPS) is 15.3. The number of ether oxygens (including phenoxy) is 3. The minimum absolute atomic E-state index is 0.0476. The molecule has 7 heteroatoms. The van der Waals surface area contributed by atoms with Crippen molar-refractivity contribution in [2.24, 2.45) is 0 Å². The van der Waals surface area contributed by atoms with Crippen molar-refractivity contribution in [3.63, 3.8) is 0 Å². The molecule has 1 fully saturated rings. The summed E-state index contributed by atoms with van der Waals surface area (Å²) < 4.78 is 15.8. The number of carbonyl (C=O) groups is 2. The zero-order valence-electron chi connectivity index (χ0n) is 16.4. The van der Waals surface area contributed by atoms with Crippen LogP contribution >= 0.6 is 0 Å². The summed E-state index contributed by atoms with van der Waals surface area (Å²) in [5.74, 6) is 2.14. The third-order valence-corrected chi connectivity index (χ3v) is 5.33. The monoisotopic (exact) mass is 396 g/mol. The van der Waals surface area contributed by atoms with E-state index in [0.717, 1.165) is 11.3 Å². The molecule has 0 saturated carbocycles. The Morgan fingerprint density at radius 3 is 2.34 bits per heavy atom. The van der Waals surface area contributed by atoms with Crippen LogP contribution in [0.25, 0.3) is 0 Å². The summed E-state index contributed by atoms with van der Waals surface area (Å²) >= 11 is 0. The highest BCUT2D eigenvalue weighted by Gasteiger charge is 2.26. The number of hydrogen-bond donors (Lipinski definition) is 0. The molecule has 0 aromatic heterocycles. The number of methoxy groups -OCH3 is 1. The number of benzene rings is 2. The van der Waals surface area contributed by atoms with Gasteiger partial charge in [-0.15, -0.1) is 0 Å². The van der Waals surface area contributed by atoms with E-state index < -0.39 is 0 Å². The molecule has 2 aliphatic rings. The van der Waals surface area contributed by atoms with E-state index in [0.29, 0.717) is 56.1 Å². The number of carbonyl (C=O) groups excluding carboxylic acids is 2. The van der Waals surface area contributed by atoms with Gasteiger partial charge in [0.15, 0.2) is 11.5 Å². The van der Waals surface area contributed by atoms with E-state index in [1.54, 1.807) is 30.2 Å². The fourth-order valence-corrected chi connectivity index (χ4v) is 3.57. The van der Waals surface area contributed by atoms with Gasteiger partial charge < -0.3 is 24.0 Å². The van der Waals surface area contributed by atoms with E-state index in [4.69, 9.17) is 14.2 Å². The van der Waals surface area contributed by atoms with Crippen molar-refractivity contribution < 1.29 is 23.8 Å². The lowest BCUT2D eigenvalue weighted by Crippen LogP contribution is -2.50. The summed E-state index contributed by atoms with van der Waals surface area (Å²) in [6.07, 6.45) is 1.15. The van der Waals surface area contributed by atoms with Crippen LogP contribution < -0.4 is 14.2 Å². The zero-order valence-corrected chi connectivity index (χ0v) is 16.4. The fraction of sp³-hybridized carbons (Fsp3) is 0.364. The number of piperazine rings is 1. The molecule has 7 nitrogen and oxygen atoms in total. The Hall–Kier alpha value is -3.22. The summed E-state index contributed by atoms with van der Waals surface area (Å²) in [5, 5.41) is 0. The standard InChI is InChI=1S/C22H24N2O5/c1-27-18-6-2-16(3-7-18)4-9-21(25)23-10-12-24(13-11-23)22(26)17-5-8-19-20(14-17)29-15-28-19/h2-3,5-8,14H,4,9-13,15H2,1H3. The molecule has 1 saturated heterocycles. The van der Waals surface area contributed by atoms with Gasteiger partial charge in [0.2, 0.25) is 12.7 Å². The predicted molar refractivity (Wildman–Crippen MR) is 106 cm³/mol. The Balaban J connectivity index is 1.27. The van der Waals surface area contributed by atoms with Gasteiger partial charge in [-0.05, 0) is 42.3 Å². The van der Waals surface area contributed by atoms with Crippen molar-refractivity contribution in [3.8, 4) is 17.2 Å². The molecule has 0 atom stereocenters. The van der Waals surface area contributed by atoms with Crippen LogP contribution in [0.2, 0.25) is 0 Å². The Morgan fingerprint density at radius 2 is 1.62 bits per heavy atom. The first-order chi connectivity index (χ1) is 14.1. The highest BCUT2D eigenvalue weighted by Crippen LogP contribution is 2.32. The van der Waals surface area contributed by atoms with Crippen molar-refractivity contribution in [1.29, 1.82) is 0 Å². The van der Waals surface area contributed by atoms with Gasteiger partial charge in [-0.25, -0.2) is 0 Å². The quantitative estimate of drug-likeness (QED) is 0.776. The maximum absolute atomic E-state index is 12.8. The topological polar surface area (TPSA) is 68.3 Å². The molecule has 0 bridgehead atoms. The number of amides is 2. The van der Waals surface area contributed by atoms with Crippen molar-refractivity contribution in [2.75, 3.05) is 40.1 Å². The van der Waals surface area contributed by atoms with Crippen molar-refractivity contribution >= 4 is 11.8 Å². The Labute approximate surface area is 169 Å². The van der Waals surface area contributed by atoms with Gasteiger partial charge in [-0.1, -0.05) is 12.1 Å². The summed E-state index contributed by atoms with van der Waals surface area (Å²) in [6.45, 7) is 2.35. The highest BCUT2D eigenvalue weighted by atomic mass is 16.7. The first kappa shape index (κ1) is 19.1. The average Bonchev–Trinajstić information content (AvgIpc) is 3.25. The van der Waals surface area contributed by atoms with Crippen LogP contribution in [-0.2, 0) is 11.2 Å². The van der Waals surface area contributed by atoms with E-state index in [1.165, 1.54) is 0 Å². The van der Waals surface area contributed by atoms with Gasteiger partial charge in [-0.2, -0.15) is 0 Å². The predicted octanol–water partition coefficient (Wildman–Crippen LogP) is 2.34. The minimum Gasteiger partial charge on any atom is -0.497 e. The maximum Gasteiger partial charge on any atom is 0.254 e. The van der Waals surface area contributed by atoms with E-state index >= 15 is 0 Å². The van der Waals surface area contributed by atoms with Gasteiger partial charge in [0.25, 0.3) is 5.91 Å². The van der Waals surface area contributed by atoms with Crippen LogP contribution in [0, 0.1) is 0 Å². The third kappa shape index (κ3) is 4.29. The second-order valence-electron chi connectivity index (χ2n) is 7.09. The molecule has 0 N–H and O–H groups in total. The number of nitrogens with zero attached hydrogens (tertiary/aromatic N) is 2. The summed E-state index contributed by atoms with van der Waals surface area (Å²) in [6, 6.07) is 13.0. The minimum atomic E-state index is -0.0476. The van der Waals surface area contributed by atoms with Crippen LogP contribution in [0.5, 0.6) is 17.2 Å².